The van der Waals surface area contributed by atoms with E-state index in [0.717, 1.165) is 74.0 Å². The zero-order valence-corrected chi connectivity index (χ0v) is 20.1. The summed E-state index contributed by atoms with van der Waals surface area (Å²) in [5.41, 5.74) is 2.81. The highest BCUT2D eigenvalue weighted by Gasteiger charge is 2.20. The Kier molecular flexibility index (Phi) is 6.90. The van der Waals surface area contributed by atoms with E-state index in [4.69, 9.17) is 9.15 Å². The molecule has 0 spiro atoms. The van der Waals surface area contributed by atoms with Crippen molar-refractivity contribution in [1.82, 2.24) is 9.88 Å². The van der Waals surface area contributed by atoms with Crippen molar-refractivity contribution in [1.29, 1.82) is 0 Å². The van der Waals surface area contributed by atoms with Crippen LogP contribution in [0.4, 0.5) is 14.9 Å². The SMILES string of the molecule is COC(=O)Oc1ccc2[nH]cc(CCCCN3CCN(c4cc(=O)oc5cc(F)ccc45)CC3)c2c1. The first-order chi connectivity index (χ1) is 17.5. The largest absolute Gasteiger partial charge is 0.513 e. The van der Waals surface area contributed by atoms with Crippen LogP contribution >= 0.6 is 0 Å². The molecule has 0 bridgehead atoms. The number of ether oxygens (including phenoxy) is 2. The Morgan fingerprint density at radius 2 is 1.89 bits per heavy atom. The number of carbonyl (C=O) groups excluding carboxylic acids is 1. The average molecular weight is 494 g/mol. The molecule has 0 radical (unpaired) electrons. The van der Waals surface area contributed by atoms with E-state index in [1.165, 1.54) is 30.9 Å². The van der Waals surface area contributed by atoms with Crippen molar-refractivity contribution in [3.63, 3.8) is 0 Å². The Labute approximate surface area is 207 Å². The predicted molar refractivity (Wildman–Crippen MR) is 135 cm³/mol. The number of fused-ring (bicyclic) bond motifs is 2. The molecule has 5 rings (SSSR count). The summed E-state index contributed by atoms with van der Waals surface area (Å²) in [6, 6.07) is 11.3. The van der Waals surface area contributed by atoms with Crippen molar-refractivity contribution in [2.75, 3.05) is 44.7 Å². The van der Waals surface area contributed by atoms with Crippen LogP contribution in [-0.4, -0.2) is 55.9 Å². The van der Waals surface area contributed by atoms with Crippen LogP contribution in [0.1, 0.15) is 18.4 Å². The van der Waals surface area contributed by atoms with Crippen molar-refractivity contribution in [3.05, 3.63) is 70.5 Å². The number of benzene rings is 2. The monoisotopic (exact) mass is 493 g/mol. The van der Waals surface area contributed by atoms with Crippen LogP contribution in [0.5, 0.6) is 5.75 Å². The number of unbranched alkanes of at least 4 members (excludes halogenated alkanes) is 1. The summed E-state index contributed by atoms with van der Waals surface area (Å²) < 4.78 is 28.5. The number of nitrogens with zero attached hydrogens (tertiary/aromatic N) is 2. The molecule has 0 saturated carbocycles. The van der Waals surface area contributed by atoms with E-state index in [-0.39, 0.29) is 5.58 Å². The molecule has 188 valence electrons. The quantitative estimate of drug-likeness (QED) is 0.173. The molecular weight excluding hydrogens is 465 g/mol. The van der Waals surface area contributed by atoms with Gasteiger partial charge in [0, 0.05) is 60.8 Å². The number of anilines is 1. The van der Waals surface area contributed by atoms with Crippen LogP contribution in [0.15, 0.2) is 57.9 Å². The van der Waals surface area contributed by atoms with E-state index < -0.39 is 17.6 Å². The number of aryl methyl sites for hydroxylation is 1. The Morgan fingerprint density at radius 1 is 1.06 bits per heavy atom. The number of hydrogen-bond acceptors (Lipinski definition) is 7. The third-order valence-corrected chi connectivity index (χ3v) is 6.67. The van der Waals surface area contributed by atoms with Crippen LogP contribution in [0.25, 0.3) is 21.9 Å². The van der Waals surface area contributed by atoms with E-state index >= 15 is 0 Å². The average Bonchev–Trinajstić information content (AvgIpc) is 3.28. The Balaban J connectivity index is 1.13. The maximum absolute atomic E-state index is 13.6. The molecule has 3 heterocycles. The number of nitrogens with one attached hydrogen (secondary N) is 1. The molecule has 0 atom stereocenters. The van der Waals surface area contributed by atoms with Gasteiger partial charge in [-0.05, 0) is 61.7 Å². The molecule has 0 unspecified atom stereocenters. The zero-order chi connectivity index (χ0) is 25.1. The minimum absolute atomic E-state index is 0.279. The van der Waals surface area contributed by atoms with Crippen molar-refractivity contribution in [2.45, 2.75) is 19.3 Å². The molecule has 1 aliphatic rings. The number of hydrogen-bond donors (Lipinski definition) is 1. The molecule has 9 heteroatoms. The van der Waals surface area contributed by atoms with Gasteiger partial charge in [-0.3, -0.25) is 4.90 Å². The smallest absolute Gasteiger partial charge is 0.437 e. The number of halogens is 1. The number of aromatic amines is 1. The minimum Gasteiger partial charge on any atom is -0.437 e. The predicted octanol–water partition coefficient (Wildman–Crippen LogP) is 4.70. The minimum atomic E-state index is -0.732. The lowest BCUT2D eigenvalue weighted by molar-refractivity contribution is 0.121. The van der Waals surface area contributed by atoms with Gasteiger partial charge in [-0.2, -0.15) is 0 Å². The van der Waals surface area contributed by atoms with Gasteiger partial charge in [0.1, 0.15) is 17.1 Å². The fourth-order valence-corrected chi connectivity index (χ4v) is 4.81. The molecular formula is C27H28FN3O5. The summed E-state index contributed by atoms with van der Waals surface area (Å²) in [6.45, 7) is 4.37. The number of carbonyl (C=O) groups is 1. The molecule has 1 fully saturated rings. The lowest BCUT2D eigenvalue weighted by Crippen LogP contribution is -2.46. The van der Waals surface area contributed by atoms with E-state index in [1.807, 2.05) is 18.3 Å². The summed E-state index contributed by atoms with van der Waals surface area (Å²) in [5, 5.41) is 1.80. The highest BCUT2D eigenvalue weighted by atomic mass is 19.1. The molecule has 2 aromatic carbocycles. The standard InChI is InChI=1S/C27H28FN3O5/c1-34-27(33)35-20-6-8-23-22(15-20)18(17-29-23)4-2-3-9-30-10-12-31(13-11-30)24-16-26(32)36-25-14-19(28)5-7-21(24)25/h5-8,14-17,29H,2-4,9-13H2,1H3. The van der Waals surface area contributed by atoms with Gasteiger partial charge in [0.25, 0.3) is 0 Å². The normalized spacial score (nSPS) is 14.4. The number of H-pyrrole nitrogens is 1. The second kappa shape index (κ2) is 10.4. The third kappa shape index (κ3) is 5.21. The van der Waals surface area contributed by atoms with Gasteiger partial charge < -0.3 is 23.8 Å². The van der Waals surface area contributed by atoms with E-state index in [0.29, 0.717) is 5.75 Å². The topological polar surface area (TPSA) is 88.0 Å². The second-order valence-electron chi connectivity index (χ2n) is 8.95. The van der Waals surface area contributed by atoms with Crippen LogP contribution in [0.2, 0.25) is 0 Å². The van der Waals surface area contributed by atoms with Gasteiger partial charge in [-0.25, -0.2) is 14.0 Å². The molecule has 1 saturated heterocycles. The first-order valence-corrected chi connectivity index (χ1v) is 12.1. The summed E-state index contributed by atoms with van der Waals surface area (Å²) in [6.07, 6.45) is 4.29. The summed E-state index contributed by atoms with van der Waals surface area (Å²) >= 11 is 0. The van der Waals surface area contributed by atoms with Gasteiger partial charge in [-0.1, -0.05) is 0 Å². The van der Waals surface area contributed by atoms with Gasteiger partial charge >= 0.3 is 11.8 Å². The van der Waals surface area contributed by atoms with E-state index in [2.05, 4.69) is 19.5 Å². The Morgan fingerprint density at radius 3 is 2.69 bits per heavy atom. The van der Waals surface area contributed by atoms with Crippen molar-refractivity contribution in [2.24, 2.45) is 0 Å². The molecule has 2 aromatic heterocycles. The molecule has 36 heavy (non-hydrogen) atoms. The van der Waals surface area contributed by atoms with Crippen LogP contribution in [-0.2, 0) is 11.2 Å². The Hall–Kier alpha value is -3.85. The molecule has 0 aliphatic carbocycles. The van der Waals surface area contributed by atoms with Gasteiger partial charge in [0.15, 0.2) is 0 Å². The molecule has 1 N–H and O–H groups in total. The van der Waals surface area contributed by atoms with Crippen molar-refractivity contribution >= 4 is 33.7 Å². The first-order valence-electron chi connectivity index (χ1n) is 12.1. The lowest BCUT2D eigenvalue weighted by Gasteiger charge is -2.36. The number of rotatable bonds is 7. The highest BCUT2D eigenvalue weighted by molar-refractivity contribution is 5.90. The number of methoxy groups -OCH3 is 1. The van der Waals surface area contributed by atoms with Crippen molar-refractivity contribution in [3.8, 4) is 5.75 Å². The Bertz CT molecular complexity index is 1440. The highest BCUT2D eigenvalue weighted by Crippen LogP contribution is 2.27. The zero-order valence-electron chi connectivity index (χ0n) is 20.1. The molecule has 1 aliphatic heterocycles. The maximum Gasteiger partial charge on any atom is 0.513 e. The first kappa shape index (κ1) is 23.9. The van der Waals surface area contributed by atoms with E-state index in [1.54, 1.807) is 12.1 Å². The van der Waals surface area contributed by atoms with Crippen molar-refractivity contribution < 1.29 is 23.1 Å². The molecule has 8 nitrogen and oxygen atoms in total. The second-order valence-corrected chi connectivity index (χ2v) is 8.95. The molecule has 0 amide bonds. The van der Waals surface area contributed by atoms with Crippen LogP contribution in [0, 0.1) is 5.82 Å². The number of piperazine rings is 1. The summed E-state index contributed by atoms with van der Waals surface area (Å²) in [4.78, 5) is 31.3. The fourth-order valence-electron chi connectivity index (χ4n) is 4.81. The summed E-state index contributed by atoms with van der Waals surface area (Å²) in [7, 11) is 1.28. The van der Waals surface area contributed by atoms with Gasteiger partial charge in [0.05, 0.1) is 12.8 Å². The third-order valence-electron chi connectivity index (χ3n) is 6.67. The van der Waals surface area contributed by atoms with E-state index in [9.17, 15) is 14.0 Å². The number of aromatic nitrogens is 1. The maximum atomic E-state index is 13.6. The van der Waals surface area contributed by atoms with Crippen LogP contribution in [0.3, 0.4) is 0 Å². The van der Waals surface area contributed by atoms with Gasteiger partial charge in [0.2, 0.25) is 0 Å². The molecule has 4 aromatic rings. The fraction of sp³-hybridized carbons (Fsp3) is 0.333. The lowest BCUT2D eigenvalue weighted by atomic mass is 10.1. The van der Waals surface area contributed by atoms with Gasteiger partial charge in [-0.15, -0.1) is 0 Å². The van der Waals surface area contributed by atoms with Crippen LogP contribution < -0.4 is 15.3 Å². The summed E-state index contributed by atoms with van der Waals surface area (Å²) in [5.74, 6) is 0.0393.